The SMILES string of the molecule is N=C/C(C(=O)N1CCC(c2cccnc2)C1)=C(\O)C1CC1. The Bertz CT molecular complexity index is 578. The molecule has 5 heteroatoms. The van der Waals surface area contributed by atoms with E-state index in [0.29, 0.717) is 13.1 Å². The van der Waals surface area contributed by atoms with E-state index in [0.717, 1.165) is 31.0 Å². The lowest BCUT2D eigenvalue weighted by molar-refractivity contribution is -0.125. The van der Waals surface area contributed by atoms with Crippen LogP contribution in [0.4, 0.5) is 0 Å². The molecule has 1 saturated heterocycles. The second kappa shape index (κ2) is 5.68. The van der Waals surface area contributed by atoms with Gasteiger partial charge in [0.1, 0.15) is 5.76 Å². The van der Waals surface area contributed by atoms with E-state index in [4.69, 9.17) is 5.41 Å². The average Bonchev–Trinajstić information content (AvgIpc) is 3.25. The van der Waals surface area contributed by atoms with Crippen LogP contribution in [0.1, 0.15) is 30.7 Å². The minimum absolute atomic E-state index is 0.0854. The number of amides is 1. The van der Waals surface area contributed by atoms with Gasteiger partial charge in [0.2, 0.25) is 0 Å². The highest BCUT2D eigenvalue weighted by molar-refractivity contribution is 6.11. The minimum Gasteiger partial charge on any atom is -0.511 e. The Morgan fingerprint density at radius 2 is 2.24 bits per heavy atom. The first-order valence-electron chi connectivity index (χ1n) is 7.33. The fourth-order valence-corrected chi connectivity index (χ4v) is 2.83. The molecule has 1 saturated carbocycles. The second-order valence-electron chi connectivity index (χ2n) is 5.74. The van der Waals surface area contributed by atoms with Crippen LogP contribution in [-0.2, 0) is 4.79 Å². The first-order valence-corrected chi connectivity index (χ1v) is 7.33. The smallest absolute Gasteiger partial charge is 0.258 e. The normalized spacial score (nSPS) is 22.9. The summed E-state index contributed by atoms with van der Waals surface area (Å²) in [5.74, 6) is 0.251. The van der Waals surface area contributed by atoms with Crippen molar-refractivity contribution in [1.29, 1.82) is 5.41 Å². The zero-order valence-electron chi connectivity index (χ0n) is 11.8. The van der Waals surface area contributed by atoms with Crippen molar-refractivity contribution in [2.75, 3.05) is 13.1 Å². The van der Waals surface area contributed by atoms with Crippen LogP contribution in [0.15, 0.2) is 35.9 Å². The molecule has 3 rings (SSSR count). The van der Waals surface area contributed by atoms with Crippen molar-refractivity contribution >= 4 is 12.1 Å². The molecule has 2 heterocycles. The largest absolute Gasteiger partial charge is 0.511 e. The van der Waals surface area contributed by atoms with Crippen molar-refractivity contribution in [3.63, 3.8) is 0 Å². The van der Waals surface area contributed by atoms with Gasteiger partial charge in [0.25, 0.3) is 5.91 Å². The molecule has 2 fully saturated rings. The van der Waals surface area contributed by atoms with Crippen LogP contribution in [0.2, 0.25) is 0 Å². The number of nitrogens with zero attached hydrogens (tertiary/aromatic N) is 2. The molecule has 2 aliphatic rings. The first-order chi connectivity index (χ1) is 10.2. The third kappa shape index (κ3) is 2.82. The van der Waals surface area contributed by atoms with Gasteiger partial charge in [0, 0.05) is 43.5 Å². The molecule has 0 aromatic carbocycles. The number of carbonyl (C=O) groups is 1. The highest BCUT2D eigenvalue weighted by atomic mass is 16.3. The fraction of sp³-hybridized carbons (Fsp3) is 0.438. The molecular formula is C16H19N3O2. The Morgan fingerprint density at radius 3 is 2.86 bits per heavy atom. The van der Waals surface area contributed by atoms with Crippen LogP contribution in [0.25, 0.3) is 0 Å². The number of nitrogens with one attached hydrogen (secondary N) is 1. The topological polar surface area (TPSA) is 77.3 Å². The van der Waals surface area contributed by atoms with Crippen molar-refractivity contribution in [2.45, 2.75) is 25.2 Å². The van der Waals surface area contributed by atoms with Gasteiger partial charge < -0.3 is 15.4 Å². The number of aliphatic hydroxyl groups is 1. The lowest BCUT2D eigenvalue weighted by Gasteiger charge is -2.17. The number of aromatic nitrogens is 1. The van der Waals surface area contributed by atoms with E-state index >= 15 is 0 Å². The summed E-state index contributed by atoms with van der Waals surface area (Å²) in [7, 11) is 0. The van der Waals surface area contributed by atoms with Gasteiger partial charge in [0.05, 0.1) is 5.57 Å². The van der Waals surface area contributed by atoms with Crippen LogP contribution in [0.3, 0.4) is 0 Å². The summed E-state index contributed by atoms with van der Waals surface area (Å²) < 4.78 is 0. The zero-order valence-corrected chi connectivity index (χ0v) is 11.8. The minimum atomic E-state index is -0.221. The molecular weight excluding hydrogens is 266 g/mol. The molecule has 1 atom stereocenters. The molecule has 2 N–H and O–H groups in total. The summed E-state index contributed by atoms with van der Waals surface area (Å²) in [4.78, 5) is 18.3. The summed E-state index contributed by atoms with van der Waals surface area (Å²) in [5.41, 5.74) is 1.30. The van der Waals surface area contributed by atoms with Crippen LogP contribution in [-0.4, -0.2) is 40.2 Å². The van der Waals surface area contributed by atoms with E-state index in [9.17, 15) is 9.90 Å². The summed E-state index contributed by atoms with van der Waals surface area (Å²) in [6.45, 7) is 1.29. The Balaban J connectivity index is 1.72. The van der Waals surface area contributed by atoms with Crippen molar-refractivity contribution < 1.29 is 9.90 Å². The summed E-state index contributed by atoms with van der Waals surface area (Å²) in [6.07, 6.45) is 7.29. The third-order valence-corrected chi connectivity index (χ3v) is 4.25. The number of aliphatic hydroxyl groups excluding tert-OH is 1. The Hall–Kier alpha value is -2.17. The van der Waals surface area contributed by atoms with Crippen molar-refractivity contribution in [1.82, 2.24) is 9.88 Å². The highest BCUT2D eigenvalue weighted by Gasteiger charge is 2.34. The van der Waals surface area contributed by atoms with Gasteiger partial charge in [-0.05, 0) is 30.9 Å². The van der Waals surface area contributed by atoms with Gasteiger partial charge >= 0.3 is 0 Å². The molecule has 1 aliphatic heterocycles. The predicted octanol–water partition coefficient (Wildman–Crippen LogP) is 2.27. The van der Waals surface area contributed by atoms with Gasteiger partial charge in [-0.3, -0.25) is 9.78 Å². The number of hydrogen-bond acceptors (Lipinski definition) is 4. The molecule has 1 unspecified atom stereocenters. The average molecular weight is 285 g/mol. The number of hydrogen-bond donors (Lipinski definition) is 2. The van der Waals surface area contributed by atoms with E-state index in [1.807, 2.05) is 18.3 Å². The van der Waals surface area contributed by atoms with E-state index in [1.165, 1.54) is 0 Å². The maximum atomic E-state index is 12.5. The first kappa shape index (κ1) is 13.8. The van der Waals surface area contributed by atoms with Crippen LogP contribution in [0.5, 0.6) is 0 Å². The molecule has 0 radical (unpaired) electrons. The van der Waals surface area contributed by atoms with Crippen LogP contribution in [0, 0.1) is 11.3 Å². The molecule has 1 aromatic rings. The number of carbonyl (C=O) groups excluding carboxylic acids is 1. The highest BCUT2D eigenvalue weighted by Crippen LogP contribution is 2.37. The molecule has 110 valence electrons. The van der Waals surface area contributed by atoms with Gasteiger partial charge in [-0.1, -0.05) is 6.07 Å². The zero-order chi connectivity index (χ0) is 14.8. The second-order valence-corrected chi connectivity index (χ2v) is 5.74. The van der Waals surface area contributed by atoms with Crippen molar-refractivity contribution in [3.8, 4) is 0 Å². The lowest BCUT2D eigenvalue weighted by atomic mass is 10.0. The predicted molar refractivity (Wildman–Crippen MR) is 79.3 cm³/mol. The van der Waals surface area contributed by atoms with Crippen molar-refractivity contribution in [2.24, 2.45) is 5.92 Å². The molecule has 21 heavy (non-hydrogen) atoms. The van der Waals surface area contributed by atoms with E-state index in [1.54, 1.807) is 11.1 Å². The fourth-order valence-electron chi connectivity index (χ4n) is 2.83. The number of allylic oxidation sites excluding steroid dienone is 1. The Labute approximate surface area is 123 Å². The third-order valence-electron chi connectivity index (χ3n) is 4.25. The molecule has 5 nitrogen and oxygen atoms in total. The molecule has 1 amide bonds. The van der Waals surface area contributed by atoms with Crippen LogP contribution >= 0.6 is 0 Å². The summed E-state index contributed by atoms with van der Waals surface area (Å²) in [6, 6.07) is 3.93. The standard InChI is InChI=1S/C16H19N3O2/c17-8-14(15(20)11-3-4-11)16(21)19-7-5-13(10-19)12-2-1-6-18-9-12/h1-2,6,8-9,11,13,17,20H,3-5,7,10H2/b15-14+,17-8?. The maximum absolute atomic E-state index is 12.5. The maximum Gasteiger partial charge on any atom is 0.258 e. The van der Waals surface area contributed by atoms with Gasteiger partial charge in [-0.2, -0.15) is 0 Å². The quantitative estimate of drug-likeness (QED) is 0.506. The molecule has 0 bridgehead atoms. The van der Waals surface area contributed by atoms with Gasteiger partial charge in [-0.15, -0.1) is 0 Å². The van der Waals surface area contributed by atoms with E-state index in [-0.39, 0.29) is 29.1 Å². The van der Waals surface area contributed by atoms with Gasteiger partial charge in [0.15, 0.2) is 0 Å². The van der Waals surface area contributed by atoms with Crippen molar-refractivity contribution in [3.05, 3.63) is 41.4 Å². The molecule has 0 spiro atoms. The van der Waals surface area contributed by atoms with E-state index in [2.05, 4.69) is 4.98 Å². The van der Waals surface area contributed by atoms with E-state index < -0.39 is 0 Å². The Morgan fingerprint density at radius 1 is 1.43 bits per heavy atom. The Kier molecular flexibility index (Phi) is 3.73. The number of rotatable bonds is 4. The molecule has 1 aromatic heterocycles. The molecule has 1 aliphatic carbocycles. The number of likely N-dealkylation sites (tertiary alicyclic amines) is 1. The monoisotopic (exact) mass is 285 g/mol. The number of pyridine rings is 1. The lowest BCUT2D eigenvalue weighted by Crippen LogP contribution is -2.31. The van der Waals surface area contributed by atoms with Gasteiger partial charge in [-0.25, -0.2) is 0 Å². The summed E-state index contributed by atoms with van der Waals surface area (Å²) >= 11 is 0. The summed E-state index contributed by atoms with van der Waals surface area (Å²) in [5, 5.41) is 17.5. The van der Waals surface area contributed by atoms with Crippen LogP contribution < -0.4 is 0 Å².